The lowest BCUT2D eigenvalue weighted by molar-refractivity contribution is -0.130. The molecule has 87 heavy (non-hydrogen) atoms. The number of unbranched alkanes of at least 4 members (excludes halogenated alkanes) is 6. The van der Waals surface area contributed by atoms with Gasteiger partial charge in [-0.1, -0.05) is 99.5 Å². The first kappa shape index (κ1) is 75.7. The van der Waals surface area contributed by atoms with Gasteiger partial charge in [0.15, 0.2) is 11.6 Å². The number of primary amides is 2. The second-order valence-electron chi connectivity index (χ2n) is 19.2. The highest BCUT2D eigenvalue weighted by Gasteiger charge is 2.30. The lowest BCUT2D eigenvalue weighted by Crippen LogP contribution is -2.39. The average molecular weight is 1210 g/mol. The van der Waals surface area contributed by atoms with Crippen molar-refractivity contribution in [3.05, 3.63) is 131 Å². The van der Waals surface area contributed by atoms with E-state index in [0.717, 1.165) is 68.8 Å². The zero-order valence-electron chi connectivity index (χ0n) is 50.0. The first-order chi connectivity index (χ1) is 42.0. The number of para-hydroxylation sites is 2. The fourth-order valence-electron chi connectivity index (χ4n) is 7.66. The third-order valence-electron chi connectivity index (χ3n) is 12.5. The number of Topliss-reactive ketones (excluding diaryl/α,β-unsaturated/α-hetero) is 1. The molecule has 0 spiro atoms. The molecule has 7 N–H and O–H groups in total. The molecule has 2 heterocycles. The summed E-state index contributed by atoms with van der Waals surface area (Å²) in [4.78, 5) is 100.0. The van der Waals surface area contributed by atoms with Crippen LogP contribution in [0.2, 0.25) is 0 Å². The molecule has 472 valence electrons. The number of benzene rings is 2. The summed E-state index contributed by atoms with van der Waals surface area (Å²) < 4.78 is 11.0. The van der Waals surface area contributed by atoms with Crippen molar-refractivity contribution < 1.29 is 47.8 Å². The maximum Gasteiger partial charge on any atom is 0.240 e. The van der Waals surface area contributed by atoms with E-state index in [1.54, 1.807) is 0 Å². The Balaban J connectivity index is 0.000000733. The molecular weight excluding hydrogens is 1120 g/mol. The summed E-state index contributed by atoms with van der Waals surface area (Å²) in [6.07, 6.45) is 14.4. The molecule has 2 aromatic heterocycles. The summed E-state index contributed by atoms with van der Waals surface area (Å²) in [5, 5.41) is 39.3. The average Bonchev–Trinajstić information content (AvgIpc) is 4.17. The second-order valence-corrected chi connectivity index (χ2v) is 19.2. The Bertz CT molecular complexity index is 2800. The van der Waals surface area contributed by atoms with Gasteiger partial charge < -0.3 is 36.9 Å². The van der Waals surface area contributed by atoms with E-state index in [2.05, 4.69) is 92.3 Å². The molecule has 4 rings (SSSR count). The van der Waals surface area contributed by atoms with Gasteiger partial charge in [-0.25, -0.2) is 0 Å². The molecule has 0 radical (unpaired) electrons. The molecule has 3 unspecified atom stereocenters. The summed E-state index contributed by atoms with van der Waals surface area (Å²) in [5.41, 5.74) is 28.0. The van der Waals surface area contributed by atoms with Gasteiger partial charge in [-0.3, -0.25) is 38.4 Å². The molecule has 0 saturated heterocycles. The number of nitrogens with zero attached hydrogens (tertiary/aromatic N) is 14. The number of hydrogen-bond donors (Lipinski definition) is 5. The predicted molar refractivity (Wildman–Crippen MR) is 324 cm³/mol. The fraction of sp³-hybridized carbons (Fsp3) is 0.517. The summed E-state index contributed by atoms with van der Waals surface area (Å²) in [6, 6.07) is 18.9. The second kappa shape index (κ2) is 49.0. The van der Waals surface area contributed by atoms with Gasteiger partial charge in [0.1, 0.15) is 25.5 Å². The first-order valence-electron chi connectivity index (χ1n) is 28.8. The van der Waals surface area contributed by atoms with Crippen molar-refractivity contribution in [2.45, 2.75) is 130 Å². The van der Waals surface area contributed by atoms with Crippen molar-refractivity contribution >= 4 is 46.9 Å². The molecule has 0 aliphatic heterocycles. The van der Waals surface area contributed by atoms with Crippen LogP contribution in [0.4, 0.5) is 0 Å². The Hall–Kier alpha value is -9.30. The largest absolute Gasteiger partial charge is 0.373 e. The minimum Gasteiger partial charge on any atom is -0.373 e. The number of nitrogens with one attached hydrogen (secondary N) is 3. The number of ether oxygens (including phenoxy) is 2. The van der Waals surface area contributed by atoms with Crippen LogP contribution in [0, 0.1) is 17.8 Å². The van der Waals surface area contributed by atoms with Crippen LogP contribution in [-0.4, -0.2) is 133 Å². The molecular formula is C58H85N19O10. The van der Waals surface area contributed by atoms with Crippen molar-refractivity contribution in [3.8, 4) is 11.4 Å². The van der Waals surface area contributed by atoms with Gasteiger partial charge in [-0.05, 0) is 128 Å². The van der Waals surface area contributed by atoms with E-state index >= 15 is 0 Å². The molecule has 4 aromatic rings. The Morgan fingerprint density at radius 1 is 0.575 bits per heavy atom. The van der Waals surface area contributed by atoms with E-state index in [4.69, 9.17) is 26.3 Å². The Labute approximate surface area is 507 Å². The molecule has 0 bridgehead atoms. The smallest absolute Gasteiger partial charge is 0.240 e. The number of azide groups is 2. The van der Waals surface area contributed by atoms with Gasteiger partial charge in [0.2, 0.25) is 41.2 Å². The normalized spacial score (nSPS) is 11.2. The molecule has 0 aliphatic rings. The first-order valence-corrected chi connectivity index (χ1v) is 28.8. The van der Waals surface area contributed by atoms with Crippen LogP contribution >= 0.6 is 0 Å². The number of allylic oxidation sites excluding steroid dienone is 2. The maximum absolute atomic E-state index is 13.2. The zero-order valence-corrected chi connectivity index (χ0v) is 50.0. The van der Waals surface area contributed by atoms with Gasteiger partial charge in [0.25, 0.3) is 0 Å². The third kappa shape index (κ3) is 37.6. The molecule has 0 fully saturated rings. The third-order valence-corrected chi connectivity index (χ3v) is 12.5. The molecule has 29 nitrogen and oxygen atoms in total. The summed E-state index contributed by atoms with van der Waals surface area (Å²) >= 11 is 0. The van der Waals surface area contributed by atoms with Crippen molar-refractivity contribution in [3.63, 3.8) is 0 Å². The number of tetrazole rings is 2. The highest BCUT2D eigenvalue weighted by Crippen LogP contribution is 2.25. The molecule has 5 amide bonds. The SMILES string of the molecule is C=CC(=O)CCCCCCCC(=O)CN=[N+]=[N-].C=CC(=O)CCCOCc1nnn(-c2ccccc2)n1.C=CC(N)=O.CCC(CC(CC(CC)C(=O)NCCCCCNC(=O)CN=[N+]=[N-])C(=O)NCCOCc1nnn(-c2ccccc2)n1)C(N)=O. The maximum atomic E-state index is 13.2. The van der Waals surface area contributed by atoms with Crippen LogP contribution in [-0.2, 0) is 61.0 Å². The number of nitrogens with two attached hydrogens (primary N) is 2. The lowest BCUT2D eigenvalue weighted by atomic mass is 9.83. The Morgan fingerprint density at radius 2 is 1.02 bits per heavy atom. The monoisotopic (exact) mass is 1210 g/mol. The van der Waals surface area contributed by atoms with Crippen molar-refractivity contribution in [2.24, 2.45) is 39.4 Å². The van der Waals surface area contributed by atoms with E-state index in [0.29, 0.717) is 69.9 Å². The minimum absolute atomic E-state index is 0.00960. The number of hydrogen-bond acceptors (Lipinski definition) is 18. The fourth-order valence-corrected chi connectivity index (χ4v) is 7.66. The van der Waals surface area contributed by atoms with Crippen LogP contribution in [0.15, 0.2) is 109 Å². The molecule has 2 aromatic carbocycles. The lowest BCUT2D eigenvalue weighted by Gasteiger charge is -2.24. The van der Waals surface area contributed by atoms with Crippen molar-refractivity contribution in [1.29, 1.82) is 0 Å². The van der Waals surface area contributed by atoms with E-state index in [1.807, 2.05) is 74.5 Å². The zero-order chi connectivity index (χ0) is 64.3. The van der Waals surface area contributed by atoms with Crippen molar-refractivity contribution in [2.75, 3.05) is 45.9 Å². The van der Waals surface area contributed by atoms with E-state index in [1.165, 1.54) is 21.7 Å². The van der Waals surface area contributed by atoms with Crippen LogP contribution in [0.3, 0.4) is 0 Å². The highest BCUT2D eigenvalue weighted by atomic mass is 16.5. The minimum atomic E-state index is -0.584. The van der Waals surface area contributed by atoms with Gasteiger partial charge in [0, 0.05) is 73.1 Å². The Morgan fingerprint density at radius 3 is 1.53 bits per heavy atom. The molecule has 3 atom stereocenters. The van der Waals surface area contributed by atoms with Crippen LogP contribution in [0.25, 0.3) is 32.3 Å². The van der Waals surface area contributed by atoms with Crippen LogP contribution in [0.5, 0.6) is 0 Å². The predicted octanol–water partition coefficient (Wildman–Crippen LogP) is 6.67. The summed E-state index contributed by atoms with van der Waals surface area (Å²) in [5.74, 6) is -2.15. The highest BCUT2D eigenvalue weighted by molar-refractivity contribution is 5.89. The number of aromatic nitrogens is 8. The quantitative estimate of drug-likeness (QED) is 0.0102. The standard InChI is InChI=1S/C29H45N11O5.C14H16N4O2.C12H19N3O2.C3H5NO/c1-3-21(27(30)42)17-23(18-22(4-2)28(43)33-14-10-6-9-13-32-26(41)19-35-38-31)29(44)34-15-16-45-20-25-36-39-40(37-25)24-11-7-5-8-12-24;1-2-13(19)9-6-10-20-11-14-15-17-18(16-14)12-7-4-3-5-8-12;1-2-11(16)8-6-4-3-5-7-9-12(17)10-14-15-13;1-2-3(4)5/h5,7-8,11-12,21-23H,3-4,6,9-10,13-20H2,1-2H3,(H2,30,42)(H,32,41)(H,33,43)(H,34,44);2-5,7-8H,1,6,9-11H2;2H,1,3-10H2;2H,1H2,(H2,4,5). The van der Waals surface area contributed by atoms with E-state index < -0.39 is 29.6 Å². The van der Waals surface area contributed by atoms with Crippen molar-refractivity contribution in [1.82, 2.24) is 56.4 Å². The molecule has 0 saturated carbocycles. The number of rotatable bonds is 43. The topological polar surface area (TPSA) is 428 Å². The summed E-state index contributed by atoms with van der Waals surface area (Å²) in [6.45, 7) is 15.6. The number of amides is 5. The van der Waals surface area contributed by atoms with Gasteiger partial charge >= 0.3 is 0 Å². The summed E-state index contributed by atoms with van der Waals surface area (Å²) in [7, 11) is 0. The molecule has 0 aliphatic carbocycles. The van der Waals surface area contributed by atoms with E-state index in [-0.39, 0.29) is 87.4 Å². The number of carbonyl (C=O) groups is 8. The number of carbonyl (C=O) groups excluding carboxylic acids is 8. The number of ketones is 3. The van der Waals surface area contributed by atoms with E-state index in [9.17, 15) is 38.4 Å². The molecule has 29 heteroatoms. The van der Waals surface area contributed by atoms with Crippen LogP contribution < -0.4 is 27.4 Å². The Kier molecular flexibility index (Phi) is 42.7. The van der Waals surface area contributed by atoms with Crippen LogP contribution in [0.1, 0.15) is 128 Å². The van der Waals surface area contributed by atoms with Gasteiger partial charge in [-0.2, -0.15) is 0 Å². The van der Waals surface area contributed by atoms with Gasteiger partial charge in [-0.15, -0.1) is 30.0 Å². The van der Waals surface area contributed by atoms with Gasteiger partial charge in [0.05, 0.1) is 24.5 Å².